The van der Waals surface area contributed by atoms with Gasteiger partial charge < -0.3 is 9.64 Å². The van der Waals surface area contributed by atoms with Crippen molar-refractivity contribution in [2.75, 3.05) is 19.7 Å². The standard InChI is InChI=1S/C14H17F2N3O2/c1-3-19-12(9-5-10(15)7-11(16)6-9)8-17-13(19)18-14(20)21-4-2/h5-7,12H,3-4,8H2,1-2H3,(H,17,18,20). The summed E-state index contributed by atoms with van der Waals surface area (Å²) in [5.74, 6) is -0.911. The predicted molar refractivity (Wildman–Crippen MR) is 73.9 cm³/mol. The summed E-state index contributed by atoms with van der Waals surface area (Å²) < 4.78 is 31.5. The van der Waals surface area contributed by atoms with E-state index in [2.05, 4.69) is 10.3 Å². The Hall–Kier alpha value is -2.18. The zero-order valence-electron chi connectivity index (χ0n) is 11.9. The SMILES string of the molecule is CCOC(=O)NC1=NCC(c2cc(F)cc(F)c2)N1CC. The molecular formula is C14H17F2N3O2. The van der Waals surface area contributed by atoms with E-state index in [0.29, 0.717) is 24.6 Å². The first-order valence-electron chi connectivity index (χ1n) is 6.76. The van der Waals surface area contributed by atoms with Crippen molar-refractivity contribution >= 4 is 12.1 Å². The Bertz CT molecular complexity index is 543. The van der Waals surface area contributed by atoms with Gasteiger partial charge in [0.25, 0.3) is 0 Å². The average Bonchev–Trinajstić information content (AvgIpc) is 2.80. The normalized spacial score (nSPS) is 17.6. The number of benzene rings is 1. The van der Waals surface area contributed by atoms with Crippen molar-refractivity contribution in [1.29, 1.82) is 0 Å². The molecule has 0 spiro atoms. The van der Waals surface area contributed by atoms with Gasteiger partial charge in [0.1, 0.15) is 11.6 Å². The summed E-state index contributed by atoms with van der Waals surface area (Å²) >= 11 is 0. The van der Waals surface area contributed by atoms with Crippen molar-refractivity contribution < 1.29 is 18.3 Å². The molecule has 0 bridgehead atoms. The third-order valence-corrected chi connectivity index (χ3v) is 3.16. The van der Waals surface area contributed by atoms with Gasteiger partial charge in [-0.3, -0.25) is 10.3 Å². The third-order valence-electron chi connectivity index (χ3n) is 3.16. The number of guanidine groups is 1. The number of carbonyl (C=O) groups is 1. The van der Waals surface area contributed by atoms with E-state index in [1.165, 1.54) is 12.1 Å². The van der Waals surface area contributed by atoms with E-state index in [1.807, 2.05) is 6.92 Å². The number of nitrogens with zero attached hydrogens (tertiary/aromatic N) is 2. The Balaban J connectivity index is 2.15. The summed E-state index contributed by atoms with van der Waals surface area (Å²) in [6.45, 7) is 4.68. The van der Waals surface area contributed by atoms with E-state index in [-0.39, 0.29) is 12.6 Å². The molecular weight excluding hydrogens is 280 g/mol. The maximum Gasteiger partial charge on any atom is 0.413 e. The minimum Gasteiger partial charge on any atom is -0.450 e. The molecule has 1 aliphatic heterocycles. The zero-order chi connectivity index (χ0) is 15.4. The smallest absolute Gasteiger partial charge is 0.413 e. The highest BCUT2D eigenvalue weighted by atomic mass is 19.1. The van der Waals surface area contributed by atoms with Crippen LogP contribution >= 0.6 is 0 Å². The highest BCUT2D eigenvalue weighted by Crippen LogP contribution is 2.27. The molecule has 5 nitrogen and oxygen atoms in total. The van der Waals surface area contributed by atoms with Crippen LogP contribution in [0.25, 0.3) is 0 Å². The lowest BCUT2D eigenvalue weighted by atomic mass is 10.1. The molecule has 2 rings (SSSR count). The number of ether oxygens (including phenoxy) is 1. The van der Waals surface area contributed by atoms with Crippen LogP contribution in [-0.4, -0.2) is 36.6 Å². The zero-order valence-corrected chi connectivity index (χ0v) is 11.9. The number of rotatable bonds is 3. The number of likely N-dealkylation sites (N-methyl/N-ethyl adjacent to an activating group) is 1. The van der Waals surface area contributed by atoms with Crippen LogP contribution in [0.1, 0.15) is 25.5 Å². The molecule has 7 heteroatoms. The molecule has 21 heavy (non-hydrogen) atoms. The van der Waals surface area contributed by atoms with Gasteiger partial charge in [-0.15, -0.1) is 0 Å². The van der Waals surface area contributed by atoms with E-state index in [0.717, 1.165) is 6.07 Å². The van der Waals surface area contributed by atoms with Crippen LogP contribution in [0.15, 0.2) is 23.2 Å². The van der Waals surface area contributed by atoms with E-state index < -0.39 is 17.7 Å². The Morgan fingerprint density at radius 3 is 2.62 bits per heavy atom. The quantitative estimate of drug-likeness (QED) is 0.932. The molecule has 0 aromatic heterocycles. The van der Waals surface area contributed by atoms with Gasteiger partial charge in [0.2, 0.25) is 5.96 Å². The fourth-order valence-electron chi connectivity index (χ4n) is 2.30. The van der Waals surface area contributed by atoms with Gasteiger partial charge in [0.05, 0.1) is 19.2 Å². The van der Waals surface area contributed by atoms with Gasteiger partial charge in [-0.25, -0.2) is 13.6 Å². The van der Waals surface area contributed by atoms with Crippen LogP contribution < -0.4 is 5.32 Å². The Kier molecular flexibility index (Phi) is 4.72. The molecule has 0 saturated heterocycles. The maximum absolute atomic E-state index is 13.3. The van der Waals surface area contributed by atoms with Crippen molar-refractivity contribution in [3.05, 3.63) is 35.4 Å². The molecule has 1 aromatic rings. The first-order valence-corrected chi connectivity index (χ1v) is 6.76. The topological polar surface area (TPSA) is 53.9 Å². The predicted octanol–water partition coefficient (Wildman–Crippen LogP) is 2.44. The van der Waals surface area contributed by atoms with E-state index >= 15 is 0 Å². The number of alkyl carbamates (subject to hydrolysis) is 1. The van der Waals surface area contributed by atoms with E-state index in [9.17, 15) is 13.6 Å². The maximum atomic E-state index is 13.3. The van der Waals surface area contributed by atoms with Gasteiger partial charge in [0.15, 0.2) is 0 Å². The van der Waals surface area contributed by atoms with Gasteiger partial charge in [-0.05, 0) is 31.5 Å². The van der Waals surface area contributed by atoms with Gasteiger partial charge in [0, 0.05) is 12.6 Å². The number of carbonyl (C=O) groups excluding carboxylic acids is 1. The molecule has 1 aromatic carbocycles. The molecule has 0 fully saturated rings. The van der Waals surface area contributed by atoms with Crippen molar-refractivity contribution in [1.82, 2.24) is 10.2 Å². The molecule has 114 valence electrons. The molecule has 1 aliphatic rings. The summed E-state index contributed by atoms with van der Waals surface area (Å²) in [5, 5.41) is 2.54. The van der Waals surface area contributed by atoms with Crippen LogP contribution in [0.4, 0.5) is 13.6 Å². The first-order chi connectivity index (χ1) is 10.0. The van der Waals surface area contributed by atoms with Crippen molar-refractivity contribution in [3.8, 4) is 0 Å². The monoisotopic (exact) mass is 297 g/mol. The van der Waals surface area contributed by atoms with E-state index in [1.54, 1.807) is 11.8 Å². The third kappa shape index (κ3) is 3.48. The van der Waals surface area contributed by atoms with Crippen LogP contribution in [0, 0.1) is 11.6 Å². The first kappa shape index (κ1) is 15.2. The molecule has 1 heterocycles. The van der Waals surface area contributed by atoms with E-state index in [4.69, 9.17) is 4.74 Å². The fourth-order valence-corrected chi connectivity index (χ4v) is 2.30. The van der Waals surface area contributed by atoms with Gasteiger partial charge in [-0.1, -0.05) is 0 Å². The fraction of sp³-hybridized carbons (Fsp3) is 0.429. The lowest BCUT2D eigenvalue weighted by molar-refractivity contribution is 0.156. The van der Waals surface area contributed by atoms with Crippen LogP contribution in [-0.2, 0) is 4.74 Å². The summed E-state index contributed by atoms with van der Waals surface area (Å²) in [5.41, 5.74) is 0.485. The summed E-state index contributed by atoms with van der Waals surface area (Å²) in [6, 6.07) is 3.07. The second-order valence-corrected chi connectivity index (χ2v) is 4.51. The van der Waals surface area contributed by atoms with Crippen LogP contribution in [0.5, 0.6) is 0 Å². The molecule has 1 atom stereocenters. The molecule has 1 amide bonds. The Morgan fingerprint density at radius 1 is 1.38 bits per heavy atom. The number of aliphatic imine (C=N–C) groups is 1. The second-order valence-electron chi connectivity index (χ2n) is 4.51. The molecule has 0 radical (unpaired) electrons. The average molecular weight is 297 g/mol. The molecule has 0 saturated carbocycles. The summed E-state index contributed by atoms with van der Waals surface area (Å²) in [4.78, 5) is 17.4. The summed E-state index contributed by atoms with van der Waals surface area (Å²) in [6.07, 6.45) is -0.597. The molecule has 1 unspecified atom stereocenters. The lowest BCUT2D eigenvalue weighted by Gasteiger charge is -2.26. The second kappa shape index (κ2) is 6.51. The number of halogens is 2. The van der Waals surface area contributed by atoms with Crippen molar-refractivity contribution in [2.24, 2.45) is 4.99 Å². The Labute approximate surface area is 121 Å². The number of amides is 1. The molecule has 1 N–H and O–H groups in total. The van der Waals surface area contributed by atoms with Crippen LogP contribution in [0.3, 0.4) is 0 Å². The van der Waals surface area contributed by atoms with Crippen molar-refractivity contribution in [2.45, 2.75) is 19.9 Å². The highest BCUT2D eigenvalue weighted by Gasteiger charge is 2.29. The number of hydrogen-bond donors (Lipinski definition) is 1. The van der Waals surface area contributed by atoms with Gasteiger partial charge >= 0.3 is 6.09 Å². The van der Waals surface area contributed by atoms with Crippen molar-refractivity contribution in [3.63, 3.8) is 0 Å². The minimum absolute atomic E-state index is 0.254. The van der Waals surface area contributed by atoms with Crippen LogP contribution in [0.2, 0.25) is 0 Å². The number of hydrogen-bond acceptors (Lipinski definition) is 4. The summed E-state index contributed by atoms with van der Waals surface area (Å²) in [7, 11) is 0. The van der Waals surface area contributed by atoms with Gasteiger partial charge in [-0.2, -0.15) is 0 Å². The number of nitrogens with one attached hydrogen (secondary N) is 1. The largest absolute Gasteiger partial charge is 0.450 e. The lowest BCUT2D eigenvalue weighted by Crippen LogP contribution is -2.42. The highest BCUT2D eigenvalue weighted by molar-refractivity contribution is 5.95. The minimum atomic E-state index is -0.632. The Morgan fingerprint density at radius 2 is 2.05 bits per heavy atom. The molecule has 0 aliphatic carbocycles.